The fraction of sp³-hybridized carbons (Fsp3) is 0.316. The van der Waals surface area contributed by atoms with E-state index in [9.17, 15) is 18.0 Å². The minimum atomic E-state index is -4.49. The molecule has 3 rings (SSSR count). The van der Waals surface area contributed by atoms with Gasteiger partial charge in [0.15, 0.2) is 0 Å². The second kappa shape index (κ2) is 7.19. The minimum Gasteiger partial charge on any atom is -0.368 e. The SMILES string of the molecule is Cc1cccc(C(=O)N2CCN(c3ccc(Cl)c(C(F)(F)F)c3)CC2)c1. The summed E-state index contributed by atoms with van der Waals surface area (Å²) in [4.78, 5) is 16.1. The summed E-state index contributed by atoms with van der Waals surface area (Å²) in [5.41, 5.74) is 1.26. The van der Waals surface area contributed by atoms with Crippen LogP contribution < -0.4 is 4.90 Å². The van der Waals surface area contributed by atoms with Gasteiger partial charge in [0.2, 0.25) is 0 Å². The molecule has 138 valence electrons. The second-order valence-electron chi connectivity index (χ2n) is 6.31. The van der Waals surface area contributed by atoms with Gasteiger partial charge in [0.1, 0.15) is 0 Å². The molecule has 1 amide bonds. The van der Waals surface area contributed by atoms with Gasteiger partial charge in [-0.15, -0.1) is 0 Å². The molecule has 0 radical (unpaired) electrons. The van der Waals surface area contributed by atoms with E-state index >= 15 is 0 Å². The number of anilines is 1. The number of hydrogen-bond acceptors (Lipinski definition) is 2. The lowest BCUT2D eigenvalue weighted by Crippen LogP contribution is -2.48. The van der Waals surface area contributed by atoms with Crippen LogP contribution in [0.25, 0.3) is 0 Å². The summed E-state index contributed by atoms with van der Waals surface area (Å²) in [5, 5.41) is -0.311. The Bertz CT molecular complexity index is 815. The van der Waals surface area contributed by atoms with E-state index in [0.29, 0.717) is 37.4 Å². The molecule has 0 unspecified atom stereocenters. The van der Waals surface area contributed by atoms with Gasteiger partial charge in [0.05, 0.1) is 10.6 Å². The van der Waals surface area contributed by atoms with Crippen molar-refractivity contribution >= 4 is 23.2 Å². The molecule has 1 saturated heterocycles. The van der Waals surface area contributed by atoms with Crippen LogP contribution in [0.4, 0.5) is 18.9 Å². The lowest BCUT2D eigenvalue weighted by atomic mass is 10.1. The van der Waals surface area contributed by atoms with Gasteiger partial charge >= 0.3 is 6.18 Å². The van der Waals surface area contributed by atoms with Crippen molar-refractivity contribution in [1.82, 2.24) is 4.90 Å². The highest BCUT2D eigenvalue weighted by Crippen LogP contribution is 2.37. The van der Waals surface area contributed by atoms with E-state index in [-0.39, 0.29) is 10.9 Å². The molecular weight excluding hydrogens is 365 g/mol. The van der Waals surface area contributed by atoms with Crippen molar-refractivity contribution in [1.29, 1.82) is 0 Å². The molecule has 1 heterocycles. The Labute approximate surface area is 155 Å². The maximum atomic E-state index is 13.0. The van der Waals surface area contributed by atoms with Crippen molar-refractivity contribution in [2.75, 3.05) is 31.1 Å². The van der Waals surface area contributed by atoms with E-state index in [4.69, 9.17) is 11.6 Å². The minimum absolute atomic E-state index is 0.0552. The Morgan fingerprint density at radius 3 is 2.35 bits per heavy atom. The number of benzene rings is 2. The number of carbonyl (C=O) groups excluding carboxylic acids is 1. The third-order valence-corrected chi connectivity index (χ3v) is 4.78. The van der Waals surface area contributed by atoms with Gasteiger partial charge in [-0.3, -0.25) is 4.79 Å². The molecule has 0 aliphatic carbocycles. The van der Waals surface area contributed by atoms with Crippen LogP contribution in [0, 0.1) is 6.92 Å². The lowest BCUT2D eigenvalue weighted by Gasteiger charge is -2.36. The van der Waals surface area contributed by atoms with E-state index in [1.807, 2.05) is 30.0 Å². The van der Waals surface area contributed by atoms with Gasteiger partial charge in [0, 0.05) is 37.4 Å². The molecule has 0 N–H and O–H groups in total. The van der Waals surface area contributed by atoms with Crippen LogP contribution in [-0.2, 0) is 6.18 Å². The van der Waals surface area contributed by atoms with E-state index in [1.54, 1.807) is 17.0 Å². The Balaban J connectivity index is 1.70. The largest absolute Gasteiger partial charge is 0.417 e. The van der Waals surface area contributed by atoms with Gasteiger partial charge in [-0.05, 0) is 37.3 Å². The van der Waals surface area contributed by atoms with Crippen LogP contribution >= 0.6 is 11.6 Å². The molecule has 0 spiro atoms. The zero-order valence-electron chi connectivity index (χ0n) is 14.2. The van der Waals surface area contributed by atoms with Crippen LogP contribution in [0.2, 0.25) is 5.02 Å². The first-order valence-electron chi connectivity index (χ1n) is 8.23. The molecule has 2 aromatic rings. The van der Waals surface area contributed by atoms with Crippen LogP contribution in [0.5, 0.6) is 0 Å². The van der Waals surface area contributed by atoms with Gasteiger partial charge in [-0.1, -0.05) is 29.3 Å². The molecule has 0 bridgehead atoms. The van der Waals surface area contributed by atoms with Crippen molar-refractivity contribution in [2.45, 2.75) is 13.1 Å². The smallest absolute Gasteiger partial charge is 0.368 e. The summed E-state index contributed by atoms with van der Waals surface area (Å²) >= 11 is 5.67. The van der Waals surface area contributed by atoms with E-state index < -0.39 is 11.7 Å². The first-order valence-corrected chi connectivity index (χ1v) is 8.61. The van der Waals surface area contributed by atoms with Crippen LogP contribution in [-0.4, -0.2) is 37.0 Å². The summed E-state index contributed by atoms with van der Waals surface area (Å²) in [6.07, 6.45) is -4.49. The highest BCUT2D eigenvalue weighted by atomic mass is 35.5. The van der Waals surface area contributed by atoms with Crippen LogP contribution in [0.15, 0.2) is 42.5 Å². The Morgan fingerprint density at radius 1 is 1.04 bits per heavy atom. The molecule has 0 saturated carbocycles. The molecule has 1 aliphatic heterocycles. The summed E-state index contributed by atoms with van der Waals surface area (Å²) < 4.78 is 39.1. The van der Waals surface area contributed by atoms with E-state index in [0.717, 1.165) is 11.6 Å². The standard InChI is InChI=1S/C19H18ClF3N2O/c1-13-3-2-4-14(11-13)18(26)25-9-7-24(8-10-25)15-5-6-17(20)16(12-15)19(21,22)23/h2-6,11-12H,7-10H2,1H3. The van der Waals surface area contributed by atoms with Crippen LogP contribution in [0.1, 0.15) is 21.5 Å². The van der Waals surface area contributed by atoms with Crippen LogP contribution in [0.3, 0.4) is 0 Å². The average Bonchev–Trinajstić information content (AvgIpc) is 2.61. The summed E-state index contributed by atoms with van der Waals surface area (Å²) in [6, 6.07) is 11.3. The summed E-state index contributed by atoms with van der Waals surface area (Å²) in [7, 11) is 0. The Morgan fingerprint density at radius 2 is 1.73 bits per heavy atom. The maximum Gasteiger partial charge on any atom is 0.417 e. The fourth-order valence-corrected chi connectivity index (χ4v) is 3.28. The van der Waals surface area contributed by atoms with Gasteiger partial charge in [-0.25, -0.2) is 0 Å². The lowest BCUT2D eigenvalue weighted by molar-refractivity contribution is -0.137. The number of aryl methyl sites for hydroxylation is 1. The molecule has 7 heteroatoms. The number of halogens is 4. The van der Waals surface area contributed by atoms with Gasteiger partial charge in [0.25, 0.3) is 5.91 Å². The zero-order valence-corrected chi connectivity index (χ0v) is 14.9. The number of amides is 1. The number of rotatable bonds is 2. The molecule has 1 fully saturated rings. The van der Waals surface area contributed by atoms with E-state index in [1.165, 1.54) is 6.07 Å². The predicted molar refractivity (Wildman–Crippen MR) is 95.7 cm³/mol. The molecule has 1 aliphatic rings. The van der Waals surface area contributed by atoms with Gasteiger partial charge in [-0.2, -0.15) is 13.2 Å². The first-order chi connectivity index (χ1) is 12.3. The highest BCUT2D eigenvalue weighted by molar-refractivity contribution is 6.31. The molecule has 2 aromatic carbocycles. The predicted octanol–water partition coefficient (Wildman–Crippen LogP) is 4.63. The second-order valence-corrected chi connectivity index (χ2v) is 6.72. The monoisotopic (exact) mass is 382 g/mol. The zero-order chi connectivity index (χ0) is 18.9. The topological polar surface area (TPSA) is 23.6 Å². The Kier molecular flexibility index (Phi) is 5.14. The van der Waals surface area contributed by atoms with Crippen molar-refractivity contribution < 1.29 is 18.0 Å². The van der Waals surface area contributed by atoms with Crippen molar-refractivity contribution in [3.05, 3.63) is 64.2 Å². The van der Waals surface area contributed by atoms with E-state index in [2.05, 4.69) is 0 Å². The molecular formula is C19H18ClF3N2O. The number of carbonyl (C=O) groups is 1. The normalized spacial score (nSPS) is 15.3. The molecule has 26 heavy (non-hydrogen) atoms. The third-order valence-electron chi connectivity index (χ3n) is 4.45. The average molecular weight is 383 g/mol. The van der Waals surface area contributed by atoms with Crippen molar-refractivity contribution in [3.8, 4) is 0 Å². The quantitative estimate of drug-likeness (QED) is 0.756. The Hall–Kier alpha value is -2.21. The van der Waals surface area contributed by atoms with Crippen molar-refractivity contribution in [2.24, 2.45) is 0 Å². The van der Waals surface area contributed by atoms with Crippen molar-refractivity contribution in [3.63, 3.8) is 0 Å². The molecule has 3 nitrogen and oxygen atoms in total. The fourth-order valence-electron chi connectivity index (χ4n) is 3.06. The van der Waals surface area contributed by atoms with Gasteiger partial charge < -0.3 is 9.80 Å². The molecule has 0 atom stereocenters. The molecule has 0 aromatic heterocycles. The summed E-state index contributed by atoms with van der Waals surface area (Å²) in [6.45, 7) is 3.77. The highest BCUT2D eigenvalue weighted by Gasteiger charge is 2.34. The summed E-state index contributed by atoms with van der Waals surface area (Å²) in [5.74, 6) is -0.0552. The number of nitrogens with zero attached hydrogens (tertiary/aromatic N) is 2. The number of piperazine rings is 1. The third kappa shape index (κ3) is 3.96. The first kappa shape index (κ1) is 18.6. The maximum absolute atomic E-state index is 13.0. The number of alkyl halides is 3. The number of hydrogen-bond donors (Lipinski definition) is 0.